The van der Waals surface area contributed by atoms with Crippen LogP contribution in [0, 0.1) is 0 Å². The number of aryl methyl sites for hydroxylation is 1. The van der Waals surface area contributed by atoms with Crippen LogP contribution in [0.1, 0.15) is 37.4 Å². The molecule has 0 fully saturated rings. The monoisotopic (exact) mass is 355 g/mol. The van der Waals surface area contributed by atoms with Crippen molar-refractivity contribution in [3.8, 4) is 0 Å². The average molecular weight is 356 g/mol. The van der Waals surface area contributed by atoms with Gasteiger partial charge in [0.1, 0.15) is 0 Å². The molecule has 0 spiro atoms. The zero-order valence-corrected chi connectivity index (χ0v) is 15.4. The Labute approximate surface area is 142 Å². The van der Waals surface area contributed by atoms with Gasteiger partial charge in [0.15, 0.2) is 0 Å². The number of halogens is 1. The Balaban J connectivity index is 2.23. The van der Waals surface area contributed by atoms with Crippen molar-refractivity contribution in [3.05, 3.63) is 46.7 Å². The highest BCUT2D eigenvalue weighted by Gasteiger charge is 2.23. The van der Waals surface area contributed by atoms with Gasteiger partial charge in [-0.3, -0.25) is 4.68 Å². The Bertz CT molecular complexity index is 750. The Morgan fingerprint density at radius 2 is 1.91 bits per heavy atom. The first-order valence-corrected chi connectivity index (χ1v) is 9.31. The van der Waals surface area contributed by atoms with Gasteiger partial charge in [0, 0.05) is 14.1 Å². The highest BCUT2D eigenvalue weighted by molar-refractivity contribution is 7.89. The molecule has 0 aliphatic carbocycles. The number of rotatable bonds is 6. The van der Waals surface area contributed by atoms with E-state index in [0.717, 1.165) is 12.0 Å². The second-order valence-electron chi connectivity index (χ2n) is 5.70. The summed E-state index contributed by atoms with van der Waals surface area (Å²) in [5, 5.41) is 4.49. The number of nitrogens with zero attached hydrogens (tertiary/aromatic N) is 3. The number of sulfonamides is 1. The second-order valence-corrected chi connectivity index (χ2v) is 8.15. The van der Waals surface area contributed by atoms with Crippen LogP contribution in [0.2, 0.25) is 5.02 Å². The maximum absolute atomic E-state index is 12.7. The van der Waals surface area contributed by atoms with Crippen LogP contribution in [0.25, 0.3) is 0 Å². The van der Waals surface area contributed by atoms with Crippen LogP contribution in [0.15, 0.2) is 35.4 Å². The van der Waals surface area contributed by atoms with E-state index >= 15 is 0 Å². The zero-order valence-electron chi connectivity index (χ0n) is 13.8. The van der Waals surface area contributed by atoms with E-state index in [2.05, 4.69) is 18.9 Å². The first-order chi connectivity index (χ1) is 10.8. The Morgan fingerprint density at radius 1 is 1.30 bits per heavy atom. The molecular formula is C16H22ClN3O2S. The fraction of sp³-hybridized carbons (Fsp3) is 0.438. The summed E-state index contributed by atoms with van der Waals surface area (Å²) in [6, 6.07) is 7.09. The van der Waals surface area contributed by atoms with Crippen molar-refractivity contribution in [1.29, 1.82) is 0 Å². The van der Waals surface area contributed by atoms with Crippen LogP contribution in [0.5, 0.6) is 0 Å². The number of benzene rings is 1. The summed E-state index contributed by atoms with van der Waals surface area (Å²) < 4.78 is 28.2. The maximum Gasteiger partial charge on any atom is 0.243 e. The van der Waals surface area contributed by atoms with Crippen molar-refractivity contribution in [2.24, 2.45) is 7.05 Å². The minimum atomic E-state index is -3.56. The normalized spacial score (nSPS) is 13.5. The molecule has 5 nitrogen and oxygen atoms in total. The summed E-state index contributed by atoms with van der Waals surface area (Å²) in [6.45, 7) is 4.41. The highest BCUT2D eigenvalue weighted by Crippen LogP contribution is 2.23. The maximum atomic E-state index is 12.7. The van der Waals surface area contributed by atoms with Gasteiger partial charge in [0.05, 0.1) is 28.4 Å². The molecule has 0 unspecified atom stereocenters. The fourth-order valence-corrected chi connectivity index (χ4v) is 3.65. The molecule has 1 atom stereocenters. The molecule has 2 rings (SSSR count). The molecule has 126 valence electrons. The molecule has 0 bridgehead atoms. The van der Waals surface area contributed by atoms with Gasteiger partial charge in [0.2, 0.25) is 10.0 Å². The van der Waals surface area contributed by atoms with E-state index in [1.165, 1.54) is 10.5 Å². The molecule has 0 aliphatic heterocycles. The molecule has 23 heavy (non-hydrogen) atoms. The SMILES string of the molecule is CC[C@@H](C)c1ccc(S(=O)(=O)N(C)Cc2c(Cl)cnn2C)cc1. The van der Waals surface area contributed by atoms with Gasteiger partial charge in [0.25, 0.3) is 0 Å². The van der Waals surface area contributed by atoms with Crippen molar-refractivity contribution < 1.29 is 8.42 Å². The molecule has 1 heterocycles. The number of hydrogen-bond donors (Lipinski definition) is 0. The molecule has 1 aromatic heterocycles. The van der Waals surface area contributed by atoms with E-state index in [1.807, 2.05) is 12.1 Å². The van der Waals surface area contributed by atoms with Gasteiger partial charge >= 0.3 is 0 Å². The average Bonchev–Trinajstić information content (AvgIpc) is 2.86. The molecule has 1 aromatic carbocycles. The molecule has 0 aliphatic rings. The van der Waals surface area contributed by atoms with Crippen molar-refractivity contribution in [1.82, 2.24) is 14.1 Å². The summed E-state index contributed by atoms with van der Waals surface area (Å²) in [7, 11) is -0.283. The summed E-state index contributed by atoms with van der Waals surface area (Å²) in [6.07, 6.45) is 2.53. The predicted octanol–water partition coefficient (Wildman–Crippen LogP) is 3.41. The van der Waals surface area contributed by atoms with Gasteiger partial charge in [-0.2, -0.15) is 9.40 Å². The number of hydrogen-bond acceptors (Lipinski definition) is 3. The molecule has 0 saturated carbocycles. The first kappa shape index (κ1) is 18.0. The summed E-state index contributed by atoms with van der Waals surface area (Å²) in [4.78, 5) is 0.283. The van der Waals surface area contributed by atoms with Crippen LogP contribution in [-0.2, 0) is 23.6 Å². The van der Waals surface area contributed by atoms with Crippen LogP contribution >= 0.6 is 11.6 Å². The van der Waals surface area contributed by atoms with E-state index in [9.17, 15) is 8.42 Å². The molecule has 7 heteroatoms. The van der Waals surface area contributed by atoms with Gasteiger partial charge in [-0.05, 0) is 30.0 Å². The van der Waals surface area contributed by atoms with Gasteiger partial charge in [-0.1, -0.05) is 37.6 Å². The van der Waals surface area contributed by atoms with E-state index in [0.29, 0.717) is 16.6 Å². The largest absolute Gasteiger partial charge is 0.270 e. The molecule has 0 amide bonds. The van der Waals surface area contributed by atoms with E-state index in [1.54, 1.807) is 30.9 Å². The van der Waals surface area contributed by atoms with Crippen molar-refractivity contribution in [2.45, 2.75) is 37.6 Å². The van der Waals surface area contributed by atoms with Crippen LogP contribution < -0.4 is 0 Å². The summed E-state index contributed by atoms with van der Waals surface area (Å²) >= 11 is 6.05. The lowest BCUT2D eigenvalue weighted by Gasteiger charge is -2.18. The van der Waals surface area contributed by atoms with Gasteiger partial charge in [-0.15, -0.1) is 0 Å². The van der Waals surface area contributed by atoms with Crippen molar-refractivity contribution >= 4 is 21.6 Å². The molecule has 0 saturated heterocycles. The van der Waals surface area contributed by atoms with Crippen molar-refractivity contribution in [3.63, 3.8) is 0 Å². The molecule has 0 radical (unpaired) electrons. The minimum absolute atomic E-state index is 0.171. The summed E-state index contributed by atoms with van der Waals surface area (Å²) in [5.41, 5.74) is 1.80. The minimum Gasteiger partial charge on any atom is -0.270 e. The van der Waals surface area contributed by atoms with Gasteiger partial charge < -0.3 is 0 Å². The second kappa shape index (κ2) is 7.03. The predicted molar refractivity (Wildman–Crippen MR) is 92.0 cm³/mol. The van der Waals surface area contributed by atoms with Crippen molar-refractivity contribution in [2.75, 3.05) is 7.05 Å². The third kappa shape index (κ3) is 3.76. The third-order valence-corrected chi connectivity index (χ3v) is 6.29. The molecular weight excluding hydrogens is 334 g/mol. The number of aromatic nitrogens is 2. The van der Waals surface area contributed by atoms with E-state index in [-0.39, 0.29) is 11.4 Å². The van der Waals surface area contributed by atoms with Crippen LogP contribution in [-0.4, -0.2) is 29.6 Å². The Hall–Kier alpha value is -1.37. The third-order valence-electron chi connectivity index (χ3n) is 4.15. The lowest BCUT2D eigenvalue weighted by atomic mass is 9.99. The topological polar surface area (TPSA) is 55.2 Å². The Morgan fingerprint density at radius 3 is 2.39 bits per heavy atom. The lowest BCUT2D eigenvalue weighted by molar-refractivity contribution is 0.453. The zero-order chi connectivity index (χ0) is 17.2. The fourth-order valence-electron chi connectivity index (χ4n) is 2.29. The summed E-state index contributed by atoms with van der Waals surface area (Å²) in [5.74, 6) is 0.415. The smallest absolute Gasteiger partial charge is 0.243 e. The van der Waals surface area contributed by atoms with Crippen LogP contribution in [0.3, 0.4) is 0 Å². The van der Waals surface area contributed by atoms with E-state index in [4.69, 9.17) is 11.6 Å². The quantitative estimate of drug-likeness (QED) is 0.797. The highest BCUT2D eigenvalue weighted by atomic mass is 35.5. The molecule has 2 aromatic rings. The van der Waals surface area contributed by atoms with Crippen LogP contribution in [0.4, 0.5) is 0 Å². The standard InChI is InChI=1S/C16H22ClN3O2S/c1-5-12(2)13-6-8-14(9-7-13)23(21,22)19(3)11-16-15(17)10-18-20(16)4/h6-10,12H,5,11H2,1-4H3/t12-/m1/s1. The van der Waals surface area contributed by atoms with Gasteiger partial charge in [-0.25, -0.2) is 8.42 Å². The lowest BCUT2D eigenvalue weighted by Crippen LogP contribution is -2.27. The first-order valence-electron chi connectivity index (χ1n) is 7.50. The van der Waals surface area contributed by atoms with E-state index < -0.39 is 10.0 Å². The Kier molecular flexibility index (Phi) is 5.49. The molecule has 0 N–H and O–H groups in total.